The van der Waals surface area contributed by atoms with Gasteiger partial charge in [-0.2, -0.15) is 0 Å². The number of hydrogen-bond acceptors (Lipinski definition) is 7. The SMILES string of the molecule is Cc1cccc(-n2c(C)nnc2SCC(=O)c2c(N)n(C3CC3)c(=O)[nH]c2=O)c1. The Morgan fingerprint density at radius 1 is 1.28 bits per heavy atom. The monoisotopic (exact) mass is 412 g/mol. The summed E-state index contributed by atoms with van der Waals surface area (Å²) in [4.78, 5) is 39.2. The number of nitrogens with zero attached hydrogens (tertiary/aromatic N) is 4. The minimum Gasteiger partial charge on any atom is -0.384 e. The van der Waals surface area contributed by atoms with Crippen LogP contribution in [0.15, 0.2) is 39.0 Å². The van der Waals surface area contributed by atoms with Crippen LogP contribution in [-0.2, 0) is 0 Å². The molecule has 0 unspecified atom stereocenters. The molecular formula is C19H20N6O3S. The van der Waals surface area contributed by atoms with Crippen LogP contribution in [0, 0.1) is 13.8 Å². The lowest BCUT2D eigenvalue weighted by Gasteiger charge is -2.11. The Balaban J connectivity index is 1.62. The molecule has 0 radical (unpaired) electrons. The molecule has 1 aromatic carbocycles. The summed E-state index contributed by atoms with van der Waals surface area (Å²) in [6.07, 6.45) is 1.61. The van der Waals surface area contributed by atoms with Gasteiger partial charge < -0.3 is 5.73 Å². The van der Waals surface area contributed by atoms with Crippen molar-refractivity contribution >= 4 is 23.4 Å². The number of benzene rings is 1. The van der Waals surface area contributed by atoms with Gasteiger partial charge in [-0.25, -0.2) is 4.79 Å². The van der Waals surface area contributed by atoms with Crippen LogP contribution >= 0.6 is 11.8 Å². The van der Waals surface area contributed by atoms with Crippen molar-refractivity contribution in [2.24, 2.45) is 0 Å². The molecule has 1 aliphatic rings. The number of Topliss-reactive ketones (excluding diaryl/α,β-unsaturated/α-hetero) is 1. The summed E-state index contributed by atoms with van der Waals surface area (Å²) < 4.78 is 3.16. The van der Waals surface area contributed by atoms with Gasteiger partial charge in [0.05, 0.1) is 5.75 Å². The third kappa shape index (κ3) is 3.63. The largest absolute Gasteiger partial charge is 0.384 e. The molecule has 2 aromatic heterocycles. The van der Waals surface area contributed by atoms with E-state index in [-0.39, 0.29) is 23.2 Å². The second-order valence-electron chi connectivity index (χ2n) is 7.04. The molecule has 0 aliphatic heterocycles. The molecule has 0 spiro atoms. The van der Waals surface area contributed by atoms with E-state index in [0.717, 1.165) is 24.1 Å². The van der Waals surface area contributed by atoms with Gasteiger partial charge in [0, 0.05) is 11.7 Å². The molecular weight excluding hydrogens is 392 g/mol. The van der Waals surface area contributed by atoms with Crippen molar-refractivity contribution < 1.29 is 4.79 Å². The second kappa shape index (κ2) is 7.36. The number of aryl methyl sites for hydroxylation is 2. The van der Waals surface area contributed by atoms with E-state index in [0.29, 0.717) is 11.0 Å². The number of aromatic nitrogens is 5. The molecule has 0 amide bonds. The number of nitrogens with one attached hydrogen (secondary N) is 1. The summed E-state index contributed by atoms with van der Waals surface area (Å²) >= 11 is 1.17. The van der Waals surface area contributed by atoms with E-state index < -0.39 is 17.0 Å². The minimum atomic E-state index is -0.758. The first-order chi connectivity index (χ1) is 13.9. The molecule has 2 heterocycles. The highest BCUT2D eigenvalue weighted by Crippen LogP contribution is 2.35. The fourth-order valence-corrected chi connectivity index (χ4v) is 4.10. The molecule has 0 atom stereocenters. The van der Waals surface area contributed by atoms with Crippen LogP contribution < -0.4 is 17.0 Å². The molecule has 29 heavy (non-hydrogen) atoms. The molecule has 1 aliphatic carbocycles. The number of aromatic amines is 1. The Morgan fingerprint density at radius 3 is 2.72 bits per heavy atom. The van der Waals surface area contributed by atoms with Crippen LogP contribution in [0.3, 0.4) is 0 Å². The van der Waals surface area contributed by atoms with E-state index in [2.05, 4.69) is 15.2 Å². The second-order valence-corrected chi connectivity index (χ2v) is 7.98. The summed E-state index contributed by atoms with van der Waals surface area (Å²) in [5.74, 6) is 0.105. The lowest BCUT2D eigenvalue weighted by molar-refractivity contribution is 0.102. The van der Waals surface area contributed by atoms with Crippen LogP contribution in [0.25, 0.3) is 5.69 Å². The van der Waals surface area contributed by atoms with E-state index in [1.54, 1.807) is 0 Å². The normalized spacial score (nSPS) is 13.6. The predicted octanol–water partition coefficient (Wildman–Crippen LogP) is 1.63. The molecule has 4 rings (SSSR count). The average molecular weight is 412 g/mol. The molecule has 3 N–H and O–H groups in total. The molecule has 3 aromatic rings. The van der Waals surface area contributed by atoms with E-state index in [1.807, 2.05) is 42.7 Å². The Kier molecular flexibility index (Phi) is 4.87. The number of thioether (sulfide) groups is 1. The van der Waals surface area contributed by atoms with Gasteiger partial charge in [0.15, 0.2) is 10.9 Å². The molecule has 9 nitrogen and oxygen atoms in total. The number of nitrogens with two attached hydrogens (primary N) is 1. The maximum absolute atomic E-state index is 12.8. The highest BCUT2D eigenvalue weighted by molar-refractivity contribution is 7.99. The third-order valence-corrected chi connectivity index (χ3v) is 5.69. The smallest absolute Gasteiger partial charge is 0.330 e. The van der Waals surface area contributed by atoms with Gasteiger partial charge in [0.2, 0.25) is 0 Å². The first kappa shape index (κ1) is 19.2. The zero-order valence-corrected chi connectivity index (χ0v) is 16.8. The van der Waals surface area contributed by atoms with E-state index in [9.17, 15) is 14.4 Å². The number of carbonyl (C=O) groups excluding carboxylic acids is 1. The molecule has 1 saturated carbocycles. The van der Waals surface area contributed by atoms with Crippen LogP contribution in [0.2, 0.25) is 0 Å². The molecule has 150 valence electrons. The summed E-state index contributed by atoms with van der Waals surface area (Å²) in [5, 5.41) is 8.80. The van der Waals surface area contributed by atoms with Gasteiger partial charge in [-0.15, -0.1) is 10.2 Å². The van der Waals surface area contributed by atoms with E-state index in [4.69, 9.17) is 5.73 Å². The minimum absolute atomic E-state index is 0.0504. The summed E-state index contributed by atoms with van der Waals surface area (Å²) in [7, 11) is 0. The average Bonchev–Trinajstić information content (AvgIpc) is 3.41. The van der Waals surface area contributed by atoms with Gasteiger partial charge >= 0.3 is 5.69 Å². The van der Waals surface area contributed by atoms with Crippen molar-refractivity contribution in [1.82, 2.24) is 24.3 Å². The van der Waals surface area contributed by atoms with Crippen LogP contribution in [0.5, 0.6) is 0 Å². The highest BCUT2D eigenvalue weighted by atomic mass is 32.2. The summed E-state index contributed by atoms with van der Waals surface area (Å²) in [6, 6.07) is 7.81. The topological polar surface area (TPSA) is 129 Å². The number of rotatable bonds is 6. The van der Waals surface area contributed by atoms with Crippen molar-refractivity contribution in [2.75, 3.05) is 11.5 Å². The Morgan fingerprint density at radius 2 is 2.03 bits per heavy atom. The van der Waals surface area contributed by atoms with Crippen LogP contribution in [0.1, 0.15) is 40.6 Å². The number of hydrogen-bond donors (Lipinski definition) is 2. The predicted molar refractivity (Wildman–Crippen MR) is 110 cm³/mol. The molecule has 0 saturated heterocycles. The zero-order valence-electron chi connectivity index (χ0n) is 16.0. The van der Waals surface area contributed by atoms with Gasteiger partial charge in [0.1, 0.15) is 17.2 Å². The van der Waals surface area contributed by atoms with Gasteiger partial charge in [-0.05, 0) is 44.4 Å². The number of nitrogen functional groups attached to an aromatic ring is 1. The Hall–Kier alpha value is -3.14. The Labute approximate surface area is 170 Å². The van der Waals surface area contributed by atoms with E-state index in [1.165, 1.54) is 16.3 Å². The highest BCUT2D eigenvalue weighted by Gasteiger charge is 2.30. The lowest BCUT2D eigenvalue weighted by Crippen LogP contribution is -2.36. The maximum Gasteiger partial charge on any atom is 0.330 e. The van der Waals surface area contributed by atoms with Gasteiger partial charge in [-0.1, -0.05) is 23.9 Å². The maximum atomic E-state index is 12.8. The molecule has 0 bridgehead atoms. The van der Waals surface area contributed by atoms with Crippen molar-refractivity contribution in [3.63, 3.8) is 0 Å². The number of ketones is 1. The molecule has 1 fully saturated rings. The lowest BCUT2D eigenvalue weighted by atomic mass is 10.2. The number of carbonyl (C=O) groups is 1. The first-order valence-electron chi connectivity index (χ1n) is 9.16. The summed E-state index contributed by atoms with van der Waals surface area (Å²) in [5.41, 5.74) is 6.48. The number of H-pyrrole nitrogens is 1. The van der Waals surface area contributed by atoms with Gasteiger partial charge in [0.25, 0.3) is 5.56 Å². The standard InChI is InChI=1S/C19H20N6O3S/c1-10-4-3-5-13(8-10)24-11(2)22-23-19(24)29-9-14(26)15-16(20)25(12-6-7-12)18(28)21-17(15)27/h3-5,8,12H,6-7,9,20H2,1-2H3,(H,21,27,28). The van der Waals surface area contributed by atoms with Crippen molar-refractivity contribution in [3.8, 4) is 5.69 Å². The number of anilines is 1. The van der Waals surface area contributed by atoms with E-state index >= 15 is 0 Å². The quantitative estimate of drug-likeness (QED) is 0.465. The van der Waals surface area contributed by atoms with Crippen molar-refractivity contribution in [3.05, 3.63) is 62.1 Å². The summed E-state index contributed by atoms with van der Waals surface area (Å²) in [6.45, 7) is 3.82. The zero-order chi connectivity index (χ0) is 20.7. The Bertz CT molecular complexity index is 1220. The van der Waals surface area contributed by atoms with Crippen LogP contribution in [0.4, 0.5) is 5.82 Å². The van der Waals surface area contributed by atoms with Crippen molar-refractivity contribution in [1.29, 1.82) is 0 Å². The first-order valence-corrected chi connectivity index (χ1v) is 10.1. The third-order valence-electron chi connectivity index (χ3n) is 4.76. The van der Waals surface area contributed by atoms with Crippen LogP contribution in [-0.4, -0.2) is 35.9 Å². The molecule has 10 heteroatoms. The fraction of sp³-hybridized carbons (Fsp3) is 0.316. The fourth-order valence-electron chi connectivity index (χ4n) is 3.23. The van der Waals surface area contributed by atoms with Crippen molar-refractivity contribution in [2.45, 2.75) is 37.9 Å². The van der Waals surface area contributed by atoms with Gasteiger partial charge in [-0.3, -0.25) is 23.7 Å².